The standard InChI is InChI=1S/C33H30ClN5O4S/c1-19-14-25(32-31(36-19)27(18-44-32)33(41)42)24-15-21(34)4-7-30(24)43-13-12-39-20(2)37-28-6-5-23(16-26(28)29(39)17-40)38(3)22-8-10-35-11-9-22/h4,7-11,14-15,18,23H,5-6,12-13,16H2,1-3H3,(H,41,42). The Labute approximate surface area is 263 Å². The van der Waals surface area contributed by atoms with Crippen molar-refractivity contribution in [3.63, 3.8) is 0 Å². The molecule has 11 heteroatoms. The Balaban J connectivity index is 1.23. The number of aromatic nitrogens is 2. The quantitative estimate of drug-likeness (QED) is 0.213. The number of allylic oxidation sites excluding steroid dienone is 2. The molecule has 2 aliphatic rings. The Kier molecular flexibility index (Phi) is 8.23. The molecule has 1 aromatic carbocycles. The highest BCUT2D eigenvalue weighted by Gasteiger charge is 2.33. The highest BCUT2D eigenvalue weighted by Crippen LogP contribution is 2.41. The van der Waals surface area contributed by atoms with Gasteiger partial charge in [0.2, 0.25) is 0 Å². The van der Waals surface area contributed by atoms with Crippen molar-refractivity contribution in [1.29, 1.82) is 0 Å². The maximum Gasteiger partial charge on any atom is 0.338 e. The zero-order valence-corrected chi connectivity index (χ0v) is 26.1. The van der Waals surface area contributed by atoms with E-state index in [9.17, 15) is 14.7 Å². The molecule has 224 valence electrons. The summed E-state index contributed by atoms with van der Waals surface area (Å²) in [6.45, 7) is 4.37. The maximum absolute atomic E-state index is 12.4. The highest BCUT2D eigenvalue weighted by molar-refractivity contribution is 7.18. The van der Waals surface area contributed by atoms with E-state index >= 15 is 0 Å². The first-order valence-corrected chi connectivity index (χ1v) is 15.5. The molecule has 1 aliphatic heterocycles. The third kappa shape index (κ3) is 5.59. The van der Waals surface area contributed by atoms with Crippen LogP contribution in [0.15, 0.2) is 76.1 Å². The molecule has 4 aromatic rings. The number of rotatable bonds is 8. The smallest absolute Gasteiger partial charge is 0.338 e. The lowest BCUT2D eigenvalue weighted by molar-refractivity contribution is 0.0699. The number of aliphatic imine (C=N–C) groups is 1. The molecule has 1 aliphatic carbocycles. The van der Waals surface area contributed by atoms with Gasteiger partial charge in [-0.25, -0.2) is 14.6 Å². The number of carbonyl (C=O) groups excluding carboxylic acids is 1. The molecule has 0 bridgehead atoms. The average Bonchev–Trinajstić information content (AvgIpc) is 3.45. The summed E-state index contributed by atoms with van der Waals surface area (Å²) in [5.41, 5.74) is 6.29. The molecule has 4 heterocycles. The van der Waals surface area contributed by atoms with Crippen LogP contribution in [0.3, 0.4) is 0 Å². The van der Waals surface area contributed by atoms with E-state index in [1.165, 1.54) is 11.3 Å². The average molecular weight is 628 g/mol. The Hall–Kier alpha value is -4.50. The Morgan fingerprint density at radius 3 is 2.75 bits per heavy atom. The largest absolute Gasteiger partial charge is 0.491 e. The minimum atomic E-state index is -1.02. The molecular weight excluding hydrogens is 598 g/mol. The molecule has 0 saturated heterocycles. The van der Waals surface area contributed by atoms with Crippen molar-refractivity contribution in [2.75, 3.05) is 25.1 Å². The van der Waals surface area contributed by atoms with Gasteiger partial charge in [-0.2, -0.15) is 0 Å². The van der Waals surface area contributed by atoms with E-state index in [0.717, 1.165) is 51.5 Å². The summed E-state index contributed by atoms with van der Waals surface area (Å²) in [7, 11) is 2.07. The first-order valence-electron chi connectivity index (χ1n) is 14.2. The van der Waals surface area contributed by atoms with Gasteiger partial charge >= 0.3 is 5.97 Å². The third-order valence-electron chi connectivity index (χ3n) is 8.15. The second-order valence-corrected chi connectivity index (χ2v) is 12.1. The van der Waals surface area contributed by atoms with Crippen LogP contribution in [0, 0.1) is 6.92 Å². The molecule has 1 atom stereocenters. The number of aryl methyl sites for hydroxylation is 1. The van der Waals surface area contributed by atoms with E-state index in [1.807, 2.05) is 43.0 Å². The van der Waals surface area contributed by atoms with Gasteiger partial charge in [0, 0.05) is 69.7 Å². The van der Waals surface area contributed by atoms with E-state index in [0.29, 0.717) is 40.6 Å². The molecular formula is C33H30ClN5O4S. The molecule has 6 rings (SSSR count). The number of aromatic carboxylic acids is 1. The number of amidine groups is 1. The van der Waals surface area contributed by atoms with Crippen LogP contribution < -0.4 is 9.64 Å². The maximum atomic E-state index is 12.4. The first-order chi connectivity index (χ1) is 21.2. The fraction of sp³-hybridized carbons (Fsp3) is 0.273. The number of benzene rings is 1. The number of carboxylic acid groups (broad SMARTS) is 1. The highest BCUT2D eigenvalue weighted by atomic mass is 35.5. The van der Waals surface area contributed by atoms with Gasteiger partial charge in [-0.15, -0.1) is 11.3 Å². The Bertz CT molecular complexity index is 1880. The molecule has 1 N–H and O–H groups in total. The zero-order chi connectivity index (χ0) is 31.0. The molecule has 0 spiro atoms. The van der Waals surface area contributed by atoms with Crippen LogP contribution in [-0.2, 0) is 4.79 Å². The van der Waals surface area contributed by atoms with Crippen molar-refractivity contribution in [2.24, 2.45) is 4.99 Å². The fourth-order valence-corrected chi connectivity index (χ4v) is 7.12. The number of ether oxygens (including phenoxy) is 1. The number of hydrogen-bond donors (Lipinski definition) is 1. The zero-order valence-electron chi connectivity index (χ0n) is 24.5. The van der Waals surface area contributed by atoms with Gasteiger partial charge in [-0.05, 0) is 69.5 Å². The van der Waals surface area contributed by atoms with Crippen LogP contribution in [0.25, 0.3) is 21.3 Å². The molecule has 0 fully saturated rings. The van der Waals surface area contributed by atoms with Crippen molar-refractivity contribution >= 4 is 56.6 Å². The summed E-state index contributed by atoms with van der Waals surface area (Å²) >= 11 is 7.74. The van der Waals surface area contributed by atoms with Gasteiger partial charge in [0.15, 0.2) is 5.94 Å². The van der Waals surface area contributed by atoms with Crippen LogP contribution in [0.2, 0.25) is 5.02 Å². The normalized spacial score (nSPS) is 16.5. The first kappa shape index (κ1) is 29.6. The number of fused-ring (bicyclic) bond motifs is 1. The molecule has 44 heavy (non-hydrogen) atoms. The van der Waals surface area contributed by atoms with Crippen LogP contribution in [0.5, 0.6) is 5.75 Å². The van der Waals surface area contributed by atoms with Crippen LogP contribution in [-0.4, -0.2) is 64.0 Å². The summed E-state index contributed by atoms with van der Waals surface area (Å²) in [5, 5.41) is 11.8. The number of nitrogens with zero attached hydrogens (tertiary/aromatic N) is 5. The Morgan fingerprint density at radius 1 is 1.20 bits per heavy atom. The molecule has 0 amide bonds. The number of carbonyl (C=O) groups is 1. The predicted molar refractivity (Wildman–Crippen MR) is 174 cm³/mol. The number of carboxylic acids is 1. The van der Waals surface area contributed by atoms with Crippen molar-refractivity contribution < 1.29 is 19.4 Å². The molecule has 0 radical (unpaired) electrons. The van der Waals surface area contributed by atoms with E-state index in [1.54, 1.807) is 29.9 Å². The fourth-order valence-electron chi connectivity index (χ4n) is 5.93. The van der Waals surface area contributed by atoms with Crippen molar-refractivity contribution in [3.8, 4) is 16.9 Å². The topological polar surface area (TPSA) is 108 Å². The summed E-state index contributed by atoms with van der Waals surface area (Å²) in [4.78, 5) is 41.8. The van der Waals surface area contributed by atoms with Gasteiger partial charge in [0.25, 0.3) is 0 Å². The van der Waals surface area contributed by atoms with E-state index in [-0.39, 0.29) is 18.2 Å². The van der Waals surface area contributed by atoms with Crippen molar-refractivity contribution in [1.82, 2.24) is 14.9 Å². The lowest BCUT2D eigenvalue weighted by atomic mass is 9.88. The van der Waals surface area contributed by atoms with Crippen molar-refractivity contribution in [3.05, 3.63) is 87.4 Å². The second-order valence-electron chi connectivity index (χ2n) is 10.8. The molecule has 3 aromatic heterocycles. The number of thiophene rings is 1. The minimum absolute atomic E-state index is 0.165. The van der Waals surface area contributed by atoms with Crippen LogP contribution >= 0.6 is 22.9 Å². The molecule has 1 unspecified atom stereocenters. The summed E-state index contributed by atoms with van der Waals surface area (Å²) in [6, 6.07) is 11.5. The number of hydrogen-bond acceptors (Lipinski definition) is 9. The van der Waals surface area contributed by atoms with Crippen LogP contribution in [0.4, 0.5) is 5.69 Å². The third-order valence-corrected chi connectivity index (χ3v) is 9.38. The summed E-state index contributed by atoms with van der Waals surface area (Å²) in [6.07, 6.45) is 5.96. The van der Waals surface area contributed by atoms with Gasteiger partial charge < -0.3 is 19.6 Å². The van der Waals surface area contributed by atoms with E-state index < -0.39 is 5.97 Å². The lowest BCUT2D eigenvalue weighted by Gasteiger charge is -2.38. The predicted octanol–water partition coefficient (Wildman–Crippen LogP) is 6.79. The van der Waals surface area contributed by atoms with Crippen molar-refractivity contribution in [2.45, 2.75) is 39.2 Å². The molecule has 9 nitrogen and oxygen atoms in total. The SMILES string of the molecule is CC1=NC2=C(CC(N(C)c3ccncc3)CC2)C(=C=O)N1CCOc1ccc(Cl)cc1-c1cc(C)nc2c(C(=O)O)csc12. The van der Waals surface area contributed by atoms with E-state index in [4.69, 9.17) is 21.3 Å². The van der Waals surface area contributed by atoms with Gasteiger partial charge in [-0.3, -0.25) is 9.97 Å². The van der Waals surface area contributed by atoms with Gasteiger partial charge in [0.05, 0.1) is 22.3 Å². The summed E-state index contributed by atoms with van der Waals surface area (Å²) in [5.74, 6) is 2.51. The van der Waals surface area contributed by atoms with E-state index in [2.05, 4.69) is 27.9 Å². The van der Waals surface area contributed by atoms with Crippen LogP contribution in [0.1, 0.15) is 42.2 Å². The molecule has 0 saturated carbocycles. The number of anilines is 1. The Morgan fingerprint density at radius 2 is 2.00 bits per heavy atom. The lowest BCUT2D eigenvalue weighted by Crippen LogP contribution is -2.40. The number of pyridine rings is 2. The van der Waals surface area contributed by atoms with Gasteiger partial charge in [-0.1, -0.05) is 11.6 Å². The minimum Gasteiger partial charge on any atom is -0.491 e. The number of halogens is 1. The summed E-state index contributed by atoms with van der Waals surface area (Å²) < 4.78 is 7.07. The monoisotopic (exact) mass is 627 g/mol. The van der Waals surface area contributed by atoms with Gasteiger partial charge in [0.1, 0.15) is 23.9 Å². The second kappa shape index (κ2) is 12.2.